The molecule has 0 N–H and O–H groups in total. The van der Waals surface area contributed by atoms with E-state index in [-0.39, 0.29) is 5.97 Å². The molecular formula is C20H34O3. The number of rotatable bonds is 12. The summed E-state index contributed by atoms with van der Waals surface area (Å²) in [5.41, 5.74) is 0.489. The molecule has 1 saturated heterocycles. The van der Waals surface area contributed by atoms with E-state index in [1.165, 1.54) is 64.2 Å². The summed E-state index contributed by atoms with van der Waals surface area (Å²) in [4.78, 5) is 11.2. The summed E-state index contributed by atoms with van der Waals surface area (Å²) in [5.74, 6) is 0.687. The Hall–Kier alpha value is -0.830. The molecule has 0 bridgehead atoms. The van der Waals surface area contributed by atoms with Gasteiger partial charge < -0.3 is 9.47 Å². The maximum absolute atomic E-state index is 11.2. The number of unbranched alkanes of at least 4 members (excludes halogenated alkanes) is 7. The van der Waals surface area contributed by atoms with Crippen LogP contribution in [0.2, 0.25) is 0 Å². The van der Waals surface area contributed by atoms with Gasteiger partial charge in [0, 0.05) is 5.57 Å². The van der Waals surface area contributed by atoms with Crippen LogP contribution >= 0.6 is 0 Å². The second-order valence-electron chi connectivity index (χ2n) is 7.43. The molecular weight excluding hydrogens is 288 g/mol. The van der Waals surface area contributed by atoms with Crippen LogP contribution in [0, 0.1) is 5.92 Å². The van der Waals surface area contributed by atoms with Gasteiger partial charge in [0.05, 0.1) is 18.8 Å². The van der Waals surface area contributed by atoms with Gasteiger partial charge in [0.1, 0.15) is 0 Å². The summed E-state index contributed by atoms with van der Waals surface area (Å²) in [5, 5.41) is 0. The van der Waals surface area contributed by atoms with Gasteiger partial charge >= 0.3 is 5.97 Å². The summed E-state index contributed by atoms with van der Waals surface area (Å²) in [6.07, 6.45) is 17.0. The highest BCUT2D eigenvalue weighted by molar-refractivity contribution is 5.86. The molecule has 0 amide bonds. The first kappa shape index (κ1) is 18.5. The first-order chi connectivity index (χ1) is 11.2. The number of ether oxygens (including phenoxy) is 2. The van der Waals surface area contributed by atoms with Crippen molar-refractivity contribution in [2.45, 2.75) is 96.2 Å². The summed E-state index contributed by atoms with van der Waals surface area (Å²) in [6.45, 7) is 5.80. The first-order valence-electron chi connectivity index (χ1n) is 9.65. The zero-order chi connectivity index (χ0) is 16.5. The lowest BCUT2D eigenvalue weighted by molar-refractivity contribution is -0.139. The van der Waals surface area contributed by atoms with E-state index in [9.17, 15) is 4.79 Å². The molecule has 1 aliphatic carbocycles. The van der Waals surface area contributed by atoms with Gasteiger partial charge in [-0.15, -0.1) is 0 Å². The van der Waals surface area contributed by atoms with Crippen molar-refractivity contribution in [3.05, 3.63) is 12.2 Å². The number of esters is 1. The van der Waals surface area contributed by atoms with Gasteiger partial charge in [-0.25, -0.2) is 4.79 Å². The predicted octanol–water partition coefficient (Wildman–Crippen LogP) is 5.18. The Labute approximate surface area is 141 Å². The Kier molecular flexibility index (Phi) is 8.14. The second kappa shape index (κ2) is 10.1. The minimum atomic E-state index is -0.258. The molecule has 1 aliphatic heterocycles. The molecule has 0 aromatic carbocycles. The lowest BCUT2D eigenvalue weighted by Crippen LogP contribution is -2.13. The Bertz CT molecular complexity index is 377. The van der Waals surface area contributed by atoms with Gasteiger partial charge in [0.15, 0.2) is 0 Å². The molecule has 3 atom stereocenters. The van der Waals surface area contributed by atoms with E-state index in [0.717, 1.165) is 18.8 Å². The van der Waals surface area contributed by atoms with Crippen LogP contribution in [0.4, 0.5) is 0 Å². The van der Waals surface area contributed by atoms with Gasteiger partial charge in [0.2, 0.25) is 0 Å². The largest absolute Gasteiger partial charge is 0.462 e. The Morgan fingerprint density at radius 1 is 1.00 bits per heavy atom. The van der Waals surface area contributed by atoms with E-state index in [2.05, 4.69) is 6.58 Å². The molecule has 2 fully saturated rings. The molecule has 3 heteroatoms. The van der Waals surface area contributed by atoms with Crippen LogP contribution in [-0.4, -0.2) is 24.8 Å². The van der Waals surface area contributed by atoms with Crippen LogP contribution in [0.15, 0.2) is 12.2 Å². The minimum Gasteiger partial charge on any atom is -0.462 e. The second-order valence-corrected chi connectivity index (χ2v) is 7.43. The van der Waals surface area contributed by atoms with Crippen molar-refractivity contribution in [3.8, 4) is 0 Å². The Balaban J connectivity index is 1.29. The van der Waals surface area contributed by atoms with Crippen molar-refractivity contribution in [2.24, 2.45) is 5.92 Å². The van der Waals surface area contributed by atoms with Crippen molar-refractivity contribution in [1.82, 2.24) is 0 Å². The van der Waals surface area contributed by atoms with E-state index in [0.29, 0.717) is 24.4 Å². The third-order valence-corrected chi connectivity index (χ3v) is 5.20. The van der Waals surface area contributed by atoms with Crippen LogP contribution < -0.4 is 0 Å². The molecule has 0 radical (unpaired) electrons. The molecule has 1 saturated carbocycles. The van der Waals surface area contributed by atoms with Crippen LogP contribution in [0.25, 0.3) is 0 Å². The average Bonchev–Trinajstić information content (AvgIpc) is 3.30. The van der Waals surface area contributed by atoms with E-state index in [1.807, 2.05) is 0 Å². The SMILES string of the molecule is C=C(C)C(=O)OCCCCCCCCCCC1CCC2OC2C1. The van der Waals surface area contributed by atoms with Crippen LogP contribution in [0.5, 0.6) is 0 Å². The van der Waals surface area contributed by atoms with Crippen molar-refractivity contribution in [2.75, 3.05) is 6.61 Å². The maximum atomic E-state index is 11.2. The molecule has 3 nitrogen and oxygen atoms in total. The van der Waals surface area contributed by atoms with E-state index in [1.54, 1.807) is 6.92 Å². The highest BCUT2D eigenvalue weighted by atomic mass is 16.6. The van der Waals surface area contributed by atoms with Gasteiger partial charge in [-0.3, -0.25) is 0 Å². The van der Waals surface area contributed by atoms with Gasteiger partial charge in [-0.05, 0) is 38.5 Å². The van der Waals surface area contributed by atoms with Gasteiger partial charge in [-0.1, -0.05) is 57.9 Å². The lowest BCUT2D eigenvalue weighted by Gasteiger charge is -2.18. The number of epoxide rings is 1. The van der Waals surface area contributed by atoms with Gasteiger partial charge in [-0.2, -0.15) is 0 Å². The predicted molar refractivity (Wildman–Crippen MR) is 93.3 cm³/mol. The molecule has 132 valence electrons. The van der Waals surface area contributed by atoms with E-state index < -0.39 is 0 Å². The number of hydrogen-bond acceptors (Lipinski definition) is 3. The molecule has 3 unspecified atom stereocenters. The highest BCUT2D eigenvalue weighted by Crippen LogP contribution is 2.41. The van der Waals surface area contributed by atoms with E-state index >= 15 is 0 Å². The van der Waals surface area contributed by atoms with Crippen molar-refractivity contribution in [1.29, 1.82) is 0 Å². The zero-order valence-electron chi connectivity index (χ0n) is 14.9. The fourth-order valence-corrected chi connectivity index (χ4v) is 3.63. The van der Waals surface area contributed by atoms with Crippen molar-refractivity contribution < 1.29 is 14.3 Å². The van der Waals surface area contributed by atoms with Crippen LogP contribution in [0.3, 0.4) is 0 Å². The molecule has 2 aliphatic rings. The summed E-state index contributed by atoms with van der Waals surface area (Å²) in [6, 6.07) is 0. The normalized spacial score (nSPS) is 25.7. The van der Waals surface area contributed by atoms with E-state index in [4.69, 9.17) is 9.47 Å². The van der Waals surface area contributed by atoms with Crippen LogP contribution in [0.1, 0.15) is 84.0 Å². The third-order valence-electron chi connectivity index (χ3n) is 5.20. The summed E-state index contributed by atoms with van der Waals surface area (Å²) >= 11 is 0. The third kappa shape index (κ3) is 7.52. The molecule has 2 rings (SSSR count). The Morgan fingerprint density at radius 2 is 1.65 bits per heavy atom. The molecule has 0 spiro atoms. The molecule has 0 aromatic rings. The van der Waals surface area contributed by atoms with Gasteiger partial charge in [0.25, 0.3) is 0 Å². The first-order valence-corrected chi connectivity index (χ1v) is 9.65. The number of fused-ring (bicyclic) bond motifs is 1. The topological polar surface area (TPSA) is 38.8 Å². The van der Waals surface area contributed by atoms with Crippen LogP contribution in [-0.2, 0) is 14.3 Å². The number of hydrogen-bond donors (Lipinski definition) is 0. The molecule has 0 aromatic heterocycles. The highest BCUT2D eigenvalue weighted by Gasteiger charge is 2.43. The standard InChI is InChI=1S/C20H34O3/c1-16(2)20(21)22-14-10-8-6-4-3-5-7-9-11-17-12-13-18-19(15-17)23-18/h17-19H,1,3-15H2,2H3. The van der Waals surface area contributed by atoms with Crippen molar-refractivity contribution in [3.63, 3.8) is 0 Å². The molecule has 23 heavy (non-hydrogen) atoms. The number of carbonyl (C=O) groups excluding carboxylic acids is 1. The molecule has 1 heterocycles. The Morgan fingerprint density at radius 3 is 2.30 bits per heavy atom. The fourth-order valence-electron chi connectivity index (χ4n) is 3.63. The zero-order valence-corrected chi connectivity index (χ0v) is 14.9. The minimum absolute atomic E-state index is 0.258. The maximum Gasteiger partial charge on any atom is 0.333 e. The summed E-state index contributed by atoms with van der Waals surface area (Å²) in [7, 11) is 0. The smallest absolute Gasteiger partial charge is 0.333 e. The monoisotopic (exact) mass is 322 g/mol. The fraction of sp³-hybridized carbons (Fsp3) is 0.850. The summed E-state index contributed by atoms with van der Waals surface area (Å²) < 4.78 is 10.7. The number of carbonyl (C=O) groups is 1. The lowest BCUT2D eigenvalue weighted by atomic mass is 9.85. The average molecular weight is 322 g/mol. The quantitative estimate of drug-likeness (QED) is 0.215. The van der Waals surface area contributed by atoms with Crippen molar-refractivity contribution >= 4 is 5.97 Å².